The van der Waals surface area contributed by atoms with E-state index in [1.54, 1.807) is 0 Å². The van der Waals surface area contributed by atoms with E-state index in [4.69, 9.17) is 0 Å². The second-order valence-corrected chi connectivity index (χ2v) is 4.56. The zero-order valence-electron chi connectivity index (χ0n) is 10.7. The van der Waals surface area contributed by atoms with Gasteiger partial charge in [-0.3, -0.25) is 0 Å². The summed E-state index contributed by atoms with van der Waals surface area (Å²) in [5.41, 5.74) is 2.10. The third kappa shape index (κ3) is 3.38. The molecule has 1 atom stereocenters. The van der Waals surface area contributed by atoms with E-state index < -0.39 is 17.7 Å². The van der Waals surface area contributed by atoms with Gasteiger partial charge < -0.3 is 5.11 Å². The van der Waals surface area contributed by atoms with Crippen molar-refractivity contribution in [2.75, 3.05) is 0 Å². The average molecular weight is 262 g/mol. The molecule has 0 spiro atoms. The van der Waals surface area contributed by atoms with E-state index in [0.29, 0.717) is 0 Å². The highest BCUT2D eigenvalue weighted by Crippen LogP contribution is 2.22. The van der Waals surface area contributed by atoms with Crippen molar-refractivity contribution in [3.05, 3.63) is 70.8 Å². The Kier molecular flexibility index (Phi) is 4.27. The summed E-state index contributed by atoms with van der Waals surface area (Å²) >= 11 is 0. The maximum Gasteiger partial charge on any atom is 0.129 e. The van der Waals surface area contributed by atoms with Crippen LogP contribution >= 0.6 is 0 Å². The molecule has 0 saturated carbocycles. The van der Waals surface area contributed by atoms with E-state index >= 15 is 0 Å². The lowest BCUT2D eigenvalue weighted by molar-refractivity contribution is 0.173. The van der Waals surface area contributed by atoms with Gasteiger partial charge >= 0.3 is 0 Å². The van der Waals surface area contributed by atoms with Crippen molar-refractivity contribution < 1.29 is 13.9 Å². The normalized spacial score (nSPS) is 12.4. The van der Waals surface area contributed by atoms with Crippen LogP contribution in [0, 0.1) is 11.6 Å². The predicted molar refractivity (Wildman–Crippen MR) is 70.8 cm³/mol. The molecule has 0 heterocycles. The van der Waals surface area contributed by atoms with Gasteiger partial charge in [0.2, 0.25) is 0 Å². The zero-order valence-corrected chi connectivity index (χ0v) is 10.7. The SMILES string of the molecule is CCc1ccc(CC(O)c2cc(F)ccc2F)cc1. The van der Waals surface area contributed by atoms with Crippen molar-refractivity contribution >= 4 is 0 Å². The van der Waals surface area contributed by atoms with E-state index in [2.05, 4.69) is 6.92 Å². The molecular formula is C16H16F2O. The highest BCUT2D eigenvalue weighted by molar-refractivity contribution is 5.26. The molecule has 0 aromatic heterocycles. The van der Waals surface area contributed by atoms with Gasteiger partial charge in [0.1, 0.15) is 11.6 Å². The number of aliphatic hydroxyl groups excluding tert-OH is 1. The molecule has 2 aromatic carbocycles. The summed E-state index contributed by atoms with van der Waals surface area (Å²) in [7, 11) is 0. The third-order valence-corrected chi connectivity index (χ3v) is 3.18. The molecule has 1 N–H and O–H groups in total. The van der Waals surface area contributed by atoms with Gasteiger partial charge in [0, 0.05) is 12.0 Å². The molecular weight excluding hydrogens is 246 g/mol. The van der Waals surface area contributed by atoms with Crippen molar-refractivity contribution in [2.24, 2.45) is 0 Å². The quantitative estimate of drug-likeness (QED) is 0.888. The second kappa shape index (κ2) is 5.93. The Bertz CT molecular complexity index is 549. The first-order valence-electron chi connectivity index (χ1n) is 6.31. The zero-order chi connectivity index (χ0) is 13.8. The first-order valence-corrected chi connectivity index (χ1v) is 6.31. The Morgan fingerprint density at radius 2 is 1.63 bits per heavy atom. The summed E-state index contributed by atoms with van der Waals surface area (Å²) in [6, 6.07) is 10.9. The summed E-state index contributed by atoms with van der Waals surface area (Å²) in [6.07, 6.45) is 0.175. The van der Waals surface area contributed by atoms with Crippen LogP contribution in [0.1, 0.15) is 29.7 Å². The van der Waals surface area contributed by atoms with Gasteiger partial charge in [0.25, 0.3) is 0 Å². The fourth-order valence-corrected chi connectivity index (χ4v) is 2.01. The molecule has 1 nitrogen and oxygen atoms in total. The van der Waals surface area contributed by atoms with E-state index in [1.165, 1.54) is 5.56 Å². The van der Waals surface area contributed by atoms with Crippen molar-refractivity contribution in [3.8, 4) is 0 Å². The summed E-state index contributed by atoms with van der Waals surface area (Å²) in [5.74, 6) is -1.13. The van der Waals surface area contributed by atoms with Crippen molar-refractivity contribution in [1.29, 1.82) is 0 Å². The molecule has 2 aromatic rings. The molecule has 0 aliphatic carbocycles. The minimum Gasteiger partial charge on any atom is -0.388 e. The van der Waals surface area contributed by atoms with Crippen LogP contribution in [-0.4, -0.2) is 5.11 Å². The standard InChI is InChI=1S/C16H16F2O/c1-2-11-3-5-12(6-4-11)9-16(19)14-10-13(17)7-8-15(14)18/h3-8,10,16,19H,2,9H2,1H3. The Labute approximate surface area is 111 Å². The number of halogens is 2. The molecule has 100 valence electrons. The van der Waals surface area contributed by atoms with E-state index in [9.17, 15) is 13.9 Å². The molecule has 0 aliphatic rings. The number of aliphatic hydroxyl groups is 1. The molecule has 19 heavy (non-hydrogen) atoms. The van der Waals surface area contributed by atoms with Gasteiger partial charge in [-0.25, -0.2) is 8.78 Å². The van der Waals surface area contributed by atoms with Gasteiger partial charge in [-0.05, 0) is 35.7 Å². The fourth-order valence-electron chi connectivity index (χ4n) is 2.01. The molecule has 2 rings (SSSR count). The lowest BCUT2D eigenvalue weighted by Gasteiger charge is -2.12. The minimum atomic E-state index is -1.04. The molecule has 1 unspecified atom stereocenters. The average Bonchev–Trinajstić information content (AvgIpc) is 2.42. The summed E-state index contributed by atoms with van der Waals surface area (Å²) in [4.78, 5) is 0. The Hall–Kier alpha value is -1.74. The topological polar surface area (TPSA) is 20.2 Å². The third-order valence-electron chi connectivity index (χ3n) is 3.18. The predicted octanol–water partition coefficient (Wildman–Crippen LogP) is 3.80. The monoisotopic (exact) mass is 262 g/mol. The van der Waals surface area contributed by atoms with Crippen molar-refractivity contribution in [1.82, 2.24) is 0 Å². The minimum absolute atomic E-state index is 0.000400. The van der Waals surface area contributed by atoms with Crippen LogP contribution in [-0.2, 0) is 12.8 Å². The van der Waals surface area contributed by atoms with Crippen molar-refractivity contribution in [3.63, 3.8) is 0 Å². The largest absolute Gasteiger partial charge is 0.388 e. The highest BCUT2D eigenvalue weighted by Gasteiger charge is 2.14. The summed E-state index contributed by atoms with van der Waals surface area (Å²) < 4.78 is 26.6. The maximum absolute atomic E-state index is 13.5. The Morgan fingerprint density at radius 1 is 1.00 bits per heavy atom. The number of aryl methyl sites for hydroxylation is 1. The Balaban J connectivity index is 2.15. The van der Waals surface area contributed by atoms with Gasteiger partial charge in [-0.15, -0.1) is 0 Å². The molecule has 0 saturated heterocycles. The highest BCUT2D eigenvalue weighted by atomic mass is 19.1. The number of hydrogen-bond acceptors (Lipinski definition) is 1. The van der Waals surface area contributed by atoms with Crippen LogP contribution in [0.25, 0.3) is 0 Å². The Morgan fingerprint density at radius 3 is 2.26 bits per heavy atom. The van der Waals surface area contributed by atoms with Crippen LogP contribution in [0.2, 0.25) is 0 Å². The number of rotatable bonds is 4. The van der Waals surface area contributed by atoms with Gasteiger partial charge in [0.05, 0.1) is 6.10 Å². The summed E-state index contributed by atoms with van der Waals surface area (Å²) in [6.45, 7) is 2.06. The smallest absolute Gasteiger partial charge is 0.129 e. The van der Waals surface area contributed by atoms with E-state index in [-0.39, 0.29) is 12.0 Å². The van der Waals surface area contributed by atoms with Crippen LogP contribution in [0.3, 0.4) is 0 Å². The lowest BCUT2D eigenvalue weighted by atomic mass is 9.99. The second-order valence-electron chi connectivity index (χ2n) is 4.56. The van der Waals surface area contributed by atoms with Gasteiger partial charge in [-0.2, -0.15) is 0 Å². The maximum atomic E-state index is 13.5. The van der Waals surface area contributed by atoms with Crippen molar-refractivity contribution in [2.45, 2.75) is 25.9 Å². The molecule has 0 radical (unpaired) electrons. The number of hydrogen-bond donors (Lipinski definition) is 1. The summed E-state index contributed by atoms with van der Waals surface area (Å²) in [5, 5.41) is 10.00. The lowest BCUT2D eigenvalue weighted by Crippen LogP contribution is -2.05. The molecule has 0 bridgehead atoms. The van der Waals surface area contributed by atoms with Crippen LogP contribution in [0.4, 0.5) is 8.78 Å². The first kappa shape index (κ1) is 13.7. The van der Waals surface area contributed by atoms with Crippen LogP contribution in [0.15, 0.2) is 42.5 Å². The molecule has 0 aliphatic heterocycles. The first-order chi connectivity index (χ1) is 9.10. The molecule has 0 amide bonds. The van der Waals surface area contributed by atoms with Gasteiger partial charge in [-0.1, -0.05) is 31.2 Å². The molecule has 0 fully saturated rings. The van der Waals surface area contributed by atoms with Gasteiger partial charge in [0.15, 0.2) is 0 Å². The van der Waals surface area contributed by atoms with E-state index in [1.807, 2.05) is 24.3 Å². The molecule has 3 heteroatoms. The van der Waals surface area contributed by atoms with Crippen LogP contribution < -0.4 is 0 Å². The number of benzene rings is 2. The van der Waals surface area contributed by atoms with E-state index in [0.717, 1.165) is 30.2 Å². The fraction of sp³-hybridized carbons (Fsp3) is 0.250. The van der Waals surface area contributed by atoms with Crippen LogP contribution in [0.5, 0.6) is 0 Å².